The fourth-order valence-electron chi connectivity index (χ4n) is 4.23. The standard InChI is InChI=1S/C25H29NO4.CH4O.CH2O/c1-16-6-7-23-21(10-16)22(28)13-24(30-23)19-11-17(2)25(18(3)12-19)29-15-20(27)14-26-8-4-5-9-26;2*1-2/h6-7,10-13,20,27H,4-5,8-9,14-15H2,1-3H3;2H,1H3;1H2. The number of likely N-dealkylation sites (tertiary alicyclic amines) is 1. The van der Waals surface area contributed by atoms with Crippen molar-refractivity contribution in [1.82, 2.24) is 4.90 Å². The monoisotopic (exact) mass is 469 g/mol. The zero-order valence-corrected chi connectivity index (χ0v) is 20.5. The molecule has 0 amide bonds. The Morgan fingerprint density at radius 2 is 1.65 bits per heavy atom. The number of benzene rings is 2. The van der Waals surface area contributed by atoms with Crippen LogP contribution in [0.5, 0.6) is 5.75 Å². The molecule has 2 heterocycles. The van der Waals surface area contributed by atoms with Crippen molar-refractivity contribution >= 4 is 17.8 Å². The van der Waals surface area contributed by atoms with E-state index >= 15 is 0 Å². The van der Waals surface area contributed by atoms with E-state index < -0.39 is 6.10 Å². The molecule has 2 aromatic carbocycles. The number of hydrogen-bond donors (Lipinski definition) is 2. The van der Waals surface area contributed by atoms with Gasteiger partial charge in [-0.25, -0.2) is 0 Å². The maximum Gasteiger partial charge on any atom is 0.193 e. The van der Waals surface area contributed by atoms with Crippen LogP contribution >= 0.6 is 0 Å². The molecule has 2 N–H and O–H groups in total. The first kappa shape index (κ1) is 27.2. The van der Waals surface area contributed by atoms with E-state index in [-0.39, 0.29) is 12.0 Å². The minimum Gasteiger partial charge on any atom is -0.490 e. The van der Waals surface area contributed by atoms with Crippen molar-refractivity contribution in [3.8, 4) is 17.1 Å². The third-order valence-electron chi connectivity index (χ3n) is 5.72. The second-order valence-electron chi connectivity index (χ2n) is 8.39. The number of aliphatic hydroxyl groups excluding tert-OH is 2. The first-order valence-corrected chi connectivity index (χ1v) is 11.3. The van der Waals surface area contributed by atoms with E-state index in [0.717, 1.165) is 48.2 Å². The van der Waals surface area contributed by atoms with Gasteiger partial charge in [-0.05, 0) is 82.1 Å². The van der Waals surface area contributed by atoms with Crippen LogP contribution in [0.2, 0.25) is 0 Å². The molecule has 0 radical (unpaired) electrons. The lowest BCUT2D eigenvalue weighted by Gasteiger charge is -2.21. The number of hydrogen-bond acceptors (Lipinski definition) is 7. The van der Waals surface area contributed by atoms with Crippen LogP contribution in [0.3, 0.4) is 0 Å². The number of aliphatic hydroxyl groups is 2. The van der Waals surface area contributed by atoms with Crippen molar-refractivity contribution in [3.05, 3.63) is 63.3 Å². The van der Waals surface area contributed by atoms with Gasteiger partial charge < -0.3 is 29.1 Å². The van der Waals surface area contributed by atoms with E-state index in [0.29, 0.717) is 23.3 Å². The number of aryl methyl sites for hydroxylation is 3. The predicted octanol–water partition coefficient (Wildman–Crippen LogP) is 3.64. The number of β-amino-alcohol motifs (C(OH)–C–C–N with tert-alkyl or cyclic N) is 1. The molecule has 1 aliphatic rings. The number of carbonyl (C=O) groups excluding carboxylic acids is 1. The van der Waals surface area contributed by atoms with Gasteiger partial charge in [0.1, 0.15) is 36.6 Å². The van der Waals surface area contributed by atoms with Crippen molar-refractivity contribution in [2.75, 3.05) is 33.4 Å². The van der Waals surface area contributed by atoms with E-state index in [9.17, 15) is 9.90 Å². The molecule has 7 nitrogen and oxygen atoms in total. The molecular formula is C27H35NO6. The zero-order chi connectivity index (χ0) is 25.3. The van der Waals surface area contributed by atoms with Gasteiger partial charge >= 0.3 is 0 Å². The average molecular weight is 470 g/mol. The van der Waals surface area contributed by atoms with E-state index in [1.165, 1.54) is 12.8 Å². The van der Waals surface area contributed by atoms with Gasteiger partial charge in [-0.15, -0.1) is 0 Å². The highest BCUT2D eigenvalue weighted by Gasteiger charge is 2.17. The van der Waals surface area contributed by atoms with Crippen molar-refractivity contribution < 1.29 is 24.2 Å². The second-order valence-corrected chi connectivity index (χ2v) is 8.39. The quantitative estimate of drug-likeness (QED) is 0.568. The van der Waals surface area contributed by atoms with Gasteiger partial charge in [-0.3, -0.25) is 4.79 Å². The van der Waals surface area contributed by atoms with Crippen molar-refractivity contribution in [2.24, 2.45) is 0 Å². The Morgan fingerprint density at radius 3 is 2.26 bits per heavy atom. The first-order valence-electron chi connectivity index (χ1n) is 11.3. The molecule has 184 valence electrons. The normalized spacial score (nSPS) is 14.1. The SMILES string of the molecule is C=O.CO.Cc1ccc2oc(-c3cc(C)c(OCC(O)CN4CCCC4)c(C)c3)cc(=O)c2c1. The first-order chi connectivity index (χ1) is 16.4. The molecule has 1 atom stereocenters. The number of rotatable bonds is 6. The van der Waals surface area contributed by atoms with Gasteiger partial charge in [0.15, 0.2) is 5.43 Å². The molecule has 7 heteroatoms. The van der Waals surface area contributed by atoms with Gasteiger partial charge in [0.25, 0.3) is 0 Å². The molecule has 4 rings (SSSR count). The highest BCUT2D eigenvalue weighted by atomic mass is 16.5. The molecular weight excluding hydrogens is 434 g/mol. The van der Waals surface area contributed by atoms with Crippen molar-refractivity contribution in [2.45, 2.75) is 39.7 Å². The largest absolute Gasteiger partial charge is 0.490 e. The maximum atomic E-state index is 12.6. The molecule has 1 aromatic heterocycles. The van der Waals surface area contributed by atoms with Gasteiger partial charge in [0, 0.05) is 25.3 Å². The third kappa shape index (κ3) is 6.76. The lowest BCUT2D eigenvalue weighted by Crippen LogP contribution is -2.33. The maximum absolute atomic E-state index is 12.6. The smallest absolute Gasteiger partial charge is 0.193 e. The van der Waals surface area contributed by atoms with E-state index in [1.807, 2.05) is 57.9 Å². The summed E-state index contributed by atoms with van der Waals surface area (Å²) in [5.74, 6) is 1.32. The minimum atomic E-state index is -0.511. The van der Waals surface area contributed by atoms with Gasteiger partial charge in [0.05, 0.1) is 5.39 Å². The van der Waals surface area contributed by atoms with Gasteiger partial charge in [-0.2, -0.15) is 0 Å². The number of fused-ring (bicyclic) bond motifs is 1. The Bertz CT molecular complexity index is 1110. The van der Waals surface area contributed by atoms with Crippen LogP contribution in [-0.4, -0.2) is 61.4 Å². The van der Waals surface area contributed by atoms with Gasteiger partial charge in [-0.1, -0.05) is 11.6 Å². The summed E-state index contributed by atoms with van der Waals surface area (Å²) in [5, 5.41) is 17.9. The van der Waals surface area contributed by atoms with Crippen molar-refractivity contribution in [3.63, 3.8) is 0 Å². The topological polar surface area (TPSA) is 100 Å². The summed E-state index contributed by atoms with van der Waals surface area (Å²) in [5.41, 5.74) is 4.31. The number of nitrogens with zero attached hydrogens (tertiary/aromatic N) is 1. The summed E-state index contributed by atoms with van der Waals surface area (Å²) in [6, 6.07) is 11.1. The highest BCUT2D eigenvalue weighted by molar-refractivity contribution is 5.79. The Morgan fingerprint density at radius 1 is 1.03 bits per heavy atom. The third-order valence-corrected chi connectivity index (χ3v) is 5.72. The van der Waals surface area contributed by atoms with Crippen LogP contribution in [0.1, 0.15) is 29.5 Å². The molecule has 0 spiro atoms. The van der Waals surface area contributed by atoms with E-state index in [1.54, 1.807) is 6.07 Å². The Hall–Kier alpha value is -3.00. The summed E-state index contributed by atoms with van der Waals surface area (Å²) in [4.78, 5) is 22.8. The number of ether oxygens (including phenoxy) is 1. The fourth-order valence-corrected chi connectivity index (χ4v) is 4.23. The summed E-state index contributed by atoms with van der Waals surface area (Å²) < 4.78 is 12.0. The average Bonchev–Trinajstić information content (AvgIpc) is 3.34. The summed E-state index contributed by atoms with van der Waals surface area (Å²) in [6.07, 6.45) is 1.90. The van der Waals surface area contributed by atoms with Crippen LogP contribution in [0.4, 0.5) is 0 Å². The molecule has 1 unspecified atom stereocenters. The minimum absolute atomic E-state index is 0.0457. The molecule has 1 saturated heterocycles. The lowest BCUT2D eigenvalue weighted by atomic mass is 10.0. The van der Waals surface area contributed by atoms with Crippen LogP contribution < -0.4 is 10.2 Å². The predicted molar refractivity (Wildman–Crippen MR) is 135 cm³/mol. The van der Waals surface area contributed by atoms with E-state index in [4.69, 9.17) is 19.1 Å². The van der Waals surface area contributed by atoms with Crippen LogP contribution in [-0.2, 0) is 4.79 Å². The molecule has 34 heavy (non-hydrogen) atoms. The fraction of sp³-hybridized carbons (Fsp3) is 0.407. The zero-order valence-electron chi connectivity index (χ0n) is 20.5. The molecule has 0 bridgehead atoms. The van der Waals surface area contributed by atoms with Crippen LogP contribution in [0.25, 0.3) is 22.3 Å². The van der Waals surface area contributed by atoms with Gasteiger partial charge in [0.2, 0.25) is 0 Å². The van der Waals surface area contributed by atoms with Crippen LogP contribution in [0.15, 0.2) is 45.6 Å². The Balaban J connectivity index is 0.000000970. The van der Waals surface area contributed by atoms with E-state index in [2.05, 4.69) is 4.90 Å². The lowest BCUT2D eigenvalue weighted by molar-refractivity contribution is -0.0980. The molecule has 0 saturated carbocycles. The molecule has 1 fully saturated rings. The Kier molecular flexibility index (Phi) is 10.4. The summed E-state index contributed by atoms with van der Waals surface area (Å²) in [7, 11) is 1.00. The van der Waals surface area contributed by atoms with Crippen LogP contribution in [0, 0.1) is 20.8 Å². The molecule has 3 aromatic rings. The summed E-state index contributed by atoms with van der Waals surface area (Å²) in [6.45, 7) is 10.9. The molecule has 1 aliphatic heterocycles. The summed E-state index contributed by atoms with van der Waals surface area (Å²) >= 11 is 0. The number of carbonyl (C=O) groups is 1. The molecule has 0 aliphatic carbocycles. The second kappa shape index (κ2) is 13.0. The Labute approximate surface area is 200 Å². The highest BCUT2D eigenvalue weighted by Crippen LogP contribution is 2.31. The van der Waals surface area contributed by atoms with Crippen molar-refractivity contribution in [1.29, 1.82) is 0 Å².